The number of nitrogens with one attached hydrogen (secondary N) is 1. The molecule has 0 aromatic heterocycles. The number of benzene rings is 2. The van der Waals surface area contributed by atoms with Gasteiger partial charge in [0.2, 0.25) is 0 Å². The van der Waals surface area contributed by atoms with E-state index in [2.05, 4.69) is 42.6 Å². The van der Waals surface area contributed by atoms with E-state index in [1.807, 2.05) is 6.92 Å². The molecule has 2 aromatic carbocycles. The minimum absolute atomic E-state index is 0.0666. The van der Waals surface area contributed by atoms with Crippen molar-refractivity contribution in [1.82, 2.24) is 5.32 Å². The molecule has 0 aliphatic heterocycles. The lowest BCUT2D eigenvalue weighted by Crippen LogP contribution is -2.14. The molecule has 0 bridgehead atoms. The van der Waals surface area contributed by atoms with Crippen LogP contribution < -0.4 is 5.32 Å². The fraction of sp³-hybridized carbons (Fsp3) is 0.600. The van der Waals surface area contributed by atoms with Crippen molar-refractivity contribution in [3.8, 4) is 0 Å². The maximum Gasteiger partial charge on any atom is 0.294 e. The molecule has 0 saturated carbocycles. The summed E-state index contributed by atoms with van der Waals surface area (Å²) >= 11 is 0. The minimum atomic E-state index is -4.02. The van der Waals surface area contributed by atoms with E-state index in [0.29, 0.717) is 0 Å². The third kappa shape index (κ3) is 18.3. The van der Waals surface area contributed by atoms with Gasteiger partial charge in [-0.25, -0.2) is 0 Å². The Kier molecular flexibility index (Phi) is 18.4. The normalized spacial score (nSPS) is 11.2. The van der Waals surface area contributed by atoms with E-state index in [1.54, 1.807) is 12.1 Å². The molecule has 0 aliphatic rings. The second-order valence-corrected chi connectivity index (χ2v) is 11.0. The van der Waals surface area contributed by atoms with Crippen LogP contribution in [0.3, 0.4) is 0 Å². The zero-order valence-electron chi connectivity index (χ0n) is 22.2. The smallest absolute Gasteiger partial charge is 0.294 e. The Hall–Kier alpha value is -1.69. The summed E-state index contributed by atoms with van der Waals surface area (Å²) in [5.41, 5.74) is 2.35. The van der Waals surface area contributed by atoms with Gasteiger partial charge in [-0.15, -0.1) is 0 Å². The highest BCUT2D eigenvalue weighted by molar-refractivity contribution is 7.85. The van der Waals surface area contributed by atoms with Gasteiger partial charge >= 0.3 is 0 Å². The standard InChI is InChI=1S/C23H41N.C7H8O3S/c1-2-3-4-5-6-7-8-9-10-11-12-13-14-18-21-24-22-23-19-16-15-17-20-23;1-6-2-4-7(5-3-6)11(8,9)10/h15-17,19-20,24H,2-14,18,21-22H2,1H3;2-5H,1H3,(H,8,9,10). The van der Waals surface area contributed by atoms with Gasteiger partial charge in [0, 0.05) is 6.54 Å². The van der Waals surface area contributed by atoms with E-state index >= 15 is 0 Å². The molecule has 2 N–H and O–H groups in total. The molecular weight excluding hydrogens is 454 g/mol. The van der Waals surface area contributed by atoms with Crippen LogP contribution in [0, 0.1) is 6.92 Å². The second kappa shape index (κ2) is 20.5. The summed E-state index contributed by atoms with van der Waals surface area (Å²) in [6.45, 7) is 6.31. The molecule has 4 nitrogen and oxygen atoms in total. The van der Waals surface area contributed by atoms with E-state index in [1.165, 1.54) is 108 Å². The van der Waals surface area contributed by atoms with Crippen molar-refractivity contribution in [1.29, 1.82) is 0 Å². The molecule has 0 saturated heterocycles. The lowest BCUT2D eigenvalue weighted by Gasteiger charge is -2.05. The Labute approximate surface area is 215 Å². The molecule has 0 spiro atoms. The number of hydrogen-bond acceptors (Lipinski definition) is 3. The van der Waals surface area contributed by atoms with Gasteiger partial charge in [0.25, 0.3) is 10.1 Å². The fourth-order valence-corrected chi connectivity index (χ4v) is 4.46. The quantitative estimate of drug-likeness (QED) is 0.158. The van der Waals surface area contributed by atoms with E-state index in [-0.39, 0.29) is 4.90 Å². The van der Waals surface area contributed by atoms with Crippen molar-refractivity contribution < 1.29 is 13.0 Å². The highest BCUT2D eigenvalue weighted by Crippen LogP contribution is 2.13. The summed E-state index contributed by atoms with van der Waals surface area (Å²) in [6, 6.07) is 16.7. The first kappa shape index (κ1) is 31.3. The van der Waals surface area contributed by atoms with E-state index in [0.717, 1.165) is 18.7 Å². The zero-order chi connectivity index (χ0) is 25.6. The van der Waals surface area contributed by atoms with Gasteiger partial charge in [-0.05, 0) is 37.6 Å². The highest BCUT2D eigenvalue weighted by atomic mass is 32.2. The molecule has 0 fully saturated rings. The first-order chi connectivity index (χ1) is 16.9. The molecule has 2 rings (SSSR count). The van der Waals surface area contributed by atoms with Crippen molar-refractivity contribution in [2.24, 2.45) is 0 Å². The molecule has 0 heterocycles. The third-order valence-corrected chi connectivity index (χ3v) is 7.07. The lowest BCUT2D eigenvalue weighted by molar-refractivity contribution is 0.483. The SMILES string of the molecule is CCCCCCCCCCCCCCCCNCc1ccccc1.Cc1ccc(S(=O)(=O)O)cc1. The van der Waals surface area contributed by atoms with Crippen LogP contribution in [0.1, 0.15) is 108 Å². The average Bonchev–Trinajstić information content (AvgIpc) is 2.84. The van der Waals surface area contributed by atoms with Crippen molar-refractivity contribution in [2.45, 2.75) is 115 Å². The maximum atomic E-state index is 10.5. The number of aryl methyl sites for hydroxylation is 1. The third-order valence-electron chi connectivity index (χ3n) is 6.20. The Morgan fingerprint density at radius 2 is 1.11 bits per heavy atom. The molecule has 0 radical (unpaired) electrons. The van der Waals surface area contributed by atoms with Crippen LogP contribution >= 0.6 is 0 Å². The molecular formula is C30H49NO3S. The molecule has 0 aliphatic carbocycles. The Morgan fingerprint density at radius 3 is 1.57 bits per heavy atom. The summed E-state index contributed by atoms with van der Waals surface area (Å²) in [4.78, 5) is -0.0666. The second-order valence-electron chi connectivity index (χ2n) is 9.55. The number of hydrogen-bond donors (Lipinski definition) is 2. The van der Waals surface area contributed by atoms with Gasteiger partial charge in [-0.2, -0.15) is 8.42 Å². The van der Waals surface area contributed by atoms with Gasteiger partial charge in [-0.3, -0.25) is 4.55 Å². The van der Waals surface area contributed by atoms with Crippen LogP contribution in [0.5, 0.6) is 0 Å². The van der Waals surface area contributed by atoms with Gasteiger partial charge in [0.1, 0.15) is 0 Å². The Bertz CT molecular complexity index is 836. The maximum absolute atomic E-state index is 10.5. The zero-order valence-corrected chi connectivity index (χ0v) is 23.0. The van der Waals surface area contributed by atoms with Crippen molar-refractivity contribution in [2.75, 3.05) is 6.54 Å². The fourth-order valence-electron chi connectivity index (χ4n) is 3.98. The average molecular weight is 504 g/mol. The van der Waals surface area contributed by atoms with Crippen LogP contribution in [0.25, 0.3) is 0 Å². The predicted molar refractivity (Wildman–Crippen MR) is 149 cm³/mol. The van der Waals surface area contributed by atoms with Crippen LogP contribution in [0.2, 0.25) is 0 Å². The van der Waals surface area contributed by atoms with Crippen LogP contribution in [0.15, 0.2) is 59.5 Å². The molecule has 2 aromatic rings. The van der Waals surface area contributed by atoms with E-state index in [9.17, 15) is 8.42 Å². The van der Waals surface area contributed by atoms with E-state index in [4.69, 9.17) is 4.55 Å². The molecule has 0 unspecified atom stereocenters. The monoisotopic (exact) mass is 503 g/mol. The van der Waals surface area contributed by atoms with Gasteiger partial charge < -0.3 is 5.32 Å². The van der Waals surface area contributed by atoms with E-state index < -0.39 is 10.1 Å². The van der Waals surface area contributed by atoms with Crippen LogP contribution in [-0.2, 0) is 16.7 Å². The summed E-state index contributed by atoms with van der Waals surface area (Å²) in [6.07, 6.45) is 20.1. The molecule has 0 atom stereocenters. The summed E-state index contributed by atoms with van der Waals surface area (Å²) < 4.78 is 29.6. The molecule has 5 heteroatoms. The topological polar surface area (TPSA) is 66.4 Å². The van der Waals surface area contributed by atoms with Gasteiger partial charge in [0.05, 0.1) is 4.90 Å². The van der Waals surface area contributed by atoms with Crippen LogP contribution in [-0.4, -0.2) is 19.5 Å². The van der Waals surface area contributed by atoms with Crippen molar-refractivity contribution >= 4 is 10.1 Å². The lowest BCUT2D eigenvalue weighted by atomic mass is 10.0. The first-order valence-electron chi connectivity index (χ1n) is 13.7. The first-order valence-corrected chi connectivity index (χ1v) is 15.2. The van der Waals surface area contributed by atoms with Gasteiger partial charge in [0.15, 0.2) is 0 Å². The highest BCUT2D eigenvalue weighted by Gasteiger charge is 2.06. The summed E-state index contributed by atoms with van der Waals surface area (Å²) in [5.74, 6) is 0. The Morgan fingerprint density at radius 1 is 0.657 bits per heavy atom. The van der Waals surface area contributed by atoms with Crippen molar-refractivity contribution in [3.05, 3.63) is 65.7 Å². The molecule has 35 heavy (non-hydrogen) atoms. The number of rotatable bonds is 18. The largest absolute Gasteiger partial charge is 0.313 e. The van der Waals surface area contributed by atoms with Crippen LogP contribution in [0.4, 0.5) is 0 Å². The predicted octanol–water partition coefficient (Wildman–Crippen LogP) is 8.50. The van der Waals surface area contributed by atoms with Crippen molar-refractivity contribution in [3.63, 3.8) is 0 Å². The Balaban J connectivity index is 0.000000462. The number of unbranched alkanes of at least 4 members (excludes halogenated alkanes) is 13. The minimum Gasteiger partial charge on any atom is -0.313 e. The molecule has 198 valence electrons. The van der Waals surface area contributed by atoms with Gasteiger partial charge in [-0.1, -0.05) is 138 Å². The molecule has 0 amide bonds. The summed E-state index contributed by atoms with van der Waals surface area (Å²) in [5, 5.41) is 3.55. The summed E-state index contributed by atoms with van der Waals surface area (Å²) in [7, 11) is -4.02.